The number of carbonyl (C=O) groups is 2. The summed E-state index contributed by atoms with van der Waals surface area (Å²) in [6.07, 6.45) is 2.66. The summed E-state index contributed by atoms with van der Waals surface area (Å²) >= 11 is 0. The van der Waals surface area contributed by atoms with Crippen LogP contribution < -0.4 is 4.74 Å². The van der Waals surface area contributed by atoms with E-state index in [1.165, 1.54) is 31.5 Å². The fraction of sp³-hybridized carbons (Fsp3) is 0.619. The number of aliphatic carboxylic acids is 2. The number of carboxylic acid groups (broad SMARTS) is 2. The van der Waals surface area contributed by atoms with Gasteiger partial charge in [0.2, 0.25) is 0 Å². The summed E-state index contributed by atoms with van der Waals surface area (Å²) in [7, 11) is 0. The lowest BCUT2D eigenvalue weighted by molar-refractivity contribution is -0.159. The minimum Gasteiger partial charge on any atom is -0.491 e. The average Bonchev–Trinajstić information content (AvgIpc) is 2.66. The molecule has 1 aromatic rings. The molecule has 0 bridgehead atoms. The standard InChI is InChI=1S/C19H31NO2.C2H2O4/c1-16(2)18-5-4-6-19(15-18)22-14-13-21-12-11-20-9-7-17(3)8-10-20;3-1(4)2(5)6/h4-6,15-17H,7-14H2,1-3H3;(H,3,4)(H,5,6). The summed E-state index contributed by atoms with van der Waals surface area (Å²) in [5, 5.41) is 14.8. The van der Waals surface area contributed by atoms with Crippen LogP contribution in [-0.4, -0.2) is 66.5 Å². The van der Waals surface area contributed by atoms with Gasteiger partial charge in [-0.15, -0.1) is 0 Å². The minimum atomic E-state index is -1.82. The van der Waals surface area contributed by atoms with Crippen LogP contribution in [0.15, 0.2) is 24.3 Å². The molecule has 0 saturated carbocycles. The van der Waals surface area contributed by atoms with Gasteiger partial charge in [-0.2, -0.15) is 0 Å². The van der Waals surface area contributed by atoms with Gasteiger partial charge in [0.25, 0.3) is 0 Å². The molecule has 0 spiro atoms. The molecule has 7 nitrogen and oxygen atoms in total. The van der Waals surface area contributed by atoms with Crippen molar-refractivity contribution in [3.8, 4) is 5.75 Å². The summed E-state index contributed by atoms with van der Waals surface area (Å²) in [4.78, 5) is 20.7. The smallest absolute Gasteiger partial charge is 0.414 e. The fourth-order valence-electron chi connectivity index (χ4n) is 2.76. The molecule has 0 atom stereocenters. The molecule has 1 aromatic carbocycles. The summed E-state index contributed by atoms with van der Waals surface area (Å²) in [5.41, 5.74) is 1.32. The zero-order valence-corrected chi connectivity index (χ0v) is 17.1. The highest BCUT2D eigenvalue weighted by Gasteiger charge is 2.14. The van der Waals surface area contributed by atoms with Gasteiger partial charge in [-0.1, -0.05) is 32.9 Å². The third kappa shape index (κ3) is 10.3. The third-order valence-electron chi connectivity index (χ3n) is 4.63. The van der Waals surface area contributed by atoms with E-state index in [1.54, 1.807) is 0 Å². The number of nitrogens with zero attached hydrogens (tertiary/aromatic N) is 1. The number of carboxylic acids is 2. The molecule has 158 valence electrons. The van der Waals surface area contributed by atoms with Gasteiger partial charge in [0.05, 0.1) is 13.2 Å². The van der Waals surface area contributed by atoms with E-state index >= 15 is 0 Å². The molecule has 2 N–H and O–H groups in total. The monoisotopic (exact) mass is 395 g/mol. The van der Waals surface area contributed by atoms with Crippen LogP contribution in [0.1, 0.15) is 45.1 Å². The van der Waals surface area contributed by atoms with Gasteiger partial charge in [0.1, 0.15) is 12.4 Å². The summed E-state index contributed by atoms with van der Waals surface area (Å²) < 4.78 is 11.5. The first-order valence-corrected chi connectivity index (χ1v) is 9.78. The van der Waals surface area contributed by atoms with Crippen molar-refractivity contribution in [1.82, 2.24) is 4.90 Å². The van der Waals surface area contributed by atoms with Crippen LogP contribution in [-0.2, 0) is 14.3 Å². The first-order valence-electron chi connectivity index (χ1n) is 9.78. The maximum Gasteiger partial charge on any atom is 0.414 e. The van der Waals surface area contributed by atoms with E-state index in [9.17, 15) is 0 Å². The van der Waals surface area contributed by atoms with Crippen LogP contribution in [0, 0.1) is 5.92 Å². The molecule has 0 unspecified atom stereocenters. The Morgan fingerprint density at radius 3 is 2.32 bits per heavy atom. The number of piperidine rings is 1. The largest absolute Gasteiger partial charge is 0.491 e. The second-order valence-corrected chi connectivity index (χ2v) is 7.32. The normalized spacial score (nSPS) is 15.0. The Morgan fingerprint density at radius 2 is 1.75 bits per heavy atom. The molecular formula is C21H33NO6. The van der Waals surface area contributed by atoms with Crippen molar-refractivity contribution in [3.05, 3.63) is 29.8 Å². The van der Waals surface area contributed by atoms with Gasteiger partial charge >= 0.3 is 11.9 Å². The van der Waals surface area contributed by atoms with Crippen LogP contribution in [0.5, 0.6) is 5.75 Å². The van der Waals surface area contributed by atoms with E-state index < -0.39 is 11.9 Å². The summed E-state index contributed by atoms with van der Waals surface area (Å²) in [6.45, 7) is 12.3. The SMILES string of the molecule is CC1CCN(CCOCCOc2cccc(C(C)C)c2)CC1.O=C(O)C(=O)O. The Morgan fingerprint density at radius 1 is 1.11 bits per heavy atom. The third-order valence-corrected chi connectivity index (χ3v) is 4.63. The van der Waals surface area contributed by atoms with Crippen LogP contribution in [0.2, 0.25) is 0 Å². The van der Waals surface area contributed by atoms with Gasteiger partial charge in [-0.05, 0) is 55.5 Å². The van der Waals surface area contributed by atoms with Crippen molar-refractivity contribution in [2.75, 3.05) is 39.5 Å². The number of ether oxygens (including phenoxy) is 2. The van der Waals surface area contributed by atoms with Crippen molar-refractivity contribution >= 4 is 11.9 Å². The number of rotatable bonds is 8. The van der Waals surface area contributed by atoms with Crippen molar-refractivity contribution in [2.24, 2.45) is 5.92 Å². The zero-order chi connectivity index (χ0) is 20.9. The molecule has 0 amide bonds. The average molecular weight is 395 g/mol. The van der Waals surface area contributed by atoms with Gasteiger partial charge in [-0.3, -0.25) is 0 Å². The quantitative estimate of drug-likeness (QED) is 0.516. The lowest BCUT2D eigenvalue weighted by atomic mass is 9.99. The molecule has 0 aliphatic carbocycles. The van der Waals surface area contributed by atoms with E-state index in [0.29, 0.717) is 19.1 Å². The van der Waals surface area contributed by atoms with Crippen LogP contribution in [0.4, 0.5) is 0 Å². The highest BCUT2D eigenvalue weighted by Crippen LogP contribution is 2.20. The van der Waals surface area contributed by atoms with Crippen molar-refractivity contribution in [3.63, 3.8) is 0 Å². The molecule has 0 radical (unpaired) electrons. The van der Waals surface area contributed by atoms with Gasteiger partial charge in [0, 0.05) is 6.54 Å². The Kier molecular flexibility index (Phi) is 11.2. The van der Waals surface area contributed by atoms with Crippen LogP contribution >= 0.6 is 0 Å². The van der Waals surface area contributed by atoms with Crippen molar-refractivity contribution < 1.29 is 29.3 Å². The number of hydrogen-bond acceptors (Lipinski definition) is 5. The molecule has 1 aliphatic heterocycles. The molecule has 1 aliphatic rings. The van der Waals surface area contributed by atoms with E-state index in [2.05, 4.69) is 43.9 Å². The molecule has 7 heteroatoms. The lowest BCUT2D eigenvalue weighted by Crippen LogP contribution is -2.35. The molecular weight excluding hydrogens is 362 g/mol. The minimum absolute atomic E-state index is 0.534. The first-order chi connectivity index (χ1) is 13.3. The van der Waals surface area contributed by atoms with Crippen molar-refractivity contribution in [2.45, 2.75) is 39.5 Å². The summed E-state index contributed by atoms with van der Waals surface area (Å²) in [5.74, 6) is -1.27. The summed E-state index contributed by atoms with van der Waals surface area (Å²) in [6, 6.07) is 8.34. The Balaban J connectivity index is 0.000000568. The lowest BCUT2D eigenvalue weighted by Gasteiger charge is -2.29. The van der Waals surface area contributed by atoms with E-state index in [4.69, 9.17) is 29.3 Å². The van der Waals surface area contributed by atoms with E-state index in [-0.39, 0.29) is 0 Å². The molecule has 28 heavy (non-hydrogen) atoms. The highest BCUT2D eigenvalue weighted by atomic mass is 16.5. The van der Waals surface area contributed by atoms with Gasteiger partial charge in [-0.25, -0.2) is 9.59 Å². The Labute approximate surface area is 167 Å². The second kappa shape index (κ2) is 13.1. The van der Waals surface area contributed by atoms with E-state index in [1.807, 2.05) is 6.07 Å². The first kappa shape index (κ1) is 23.9. The topological polar surface area (TPSA) is 96.3 Å². The van der Waals surface area contributed by atoms with Crippen molar-refractivity contribution in [1.29, 1.82) is 0 Å². The van der Waals surface area contributed by atoms with Gasteiger partial charge < -0.3 is 24.6 Å². The van der Waals surface area contributed by atoms with Crippen LogP contribution in [0.25, 0.3) is 0 Å². The van der Waals surface area contributed by atoms with Crippen LogP contribution in [0.3, 0.4) is 0 Å². The van der Waals surface area contributed by atoms with Gasteiger partial charge in [0.15, 0.2) is 0 Å². The number of benzene rings is 1. The Hall–Kier alpha value is -2.12. The molecule has 1 saturated heterocycles. The highest BCUT2D eigenvalue weighted by molar-refractivity contribution is 6.27. The maximum absolute atomic E-state index is 9.10. The predicted octanol–water partition coefficient (Wildman–Crippen LogP) is 3.09. The molecule has 0 aromatic heterocycles. The molecule has 1 fully saturated rings. The van der Waals surface area contributed by atoms with E-state index in [0.717, 1.165) is 24.8 Å². The fourth-order valence-corrected chi connectivity index (χ4v) is 2.76. The zero-order valence-electron chi connectivity index (χ0n) is 17.1. The molecule has 2 rings (SSSR count). The number of hydrogen-bond donors (Lipinski definition) is 2. The Bertz CT molecular complexity index is 584. The predicted molar refractivity (Wildman–Crippen MR) is 107 cm³/mol. The second-order valence-electron chi connectivity index (χ2n) is 7.32. The molecule has 1 heterocycles. The maximum atomic E-state index is 9.10. The number of likely N-dealkylation sites (tertiary alicyclic amines) is 1.